The van der Waals surface area contributed by atoms with Crippen molar-refractivity contribution >= 4 is 0 Å². The number of hydrogen-bond acceptors (Lipinski definition) is 3. The molecule has 17 heavy (non-hydrogen) atoms. The Morgan fingerprint density at radius 3 is 2.47 bits per heavy atom. The van der Waals surface area contributed by atoms with Crippen LogP contribution in [0.1, 0.15) is 32.6 Å². The van der Waals surface area contributed by atoms with Crippen LogP contribution in [0.3, 0.4) is 0 Å². The molecule has 0 radical (unpaired) electrons. The molecule has 1 aromatic heterocycles. The zero-order chi connectivity index (χ0) is 12.3. The van der Waals surface area contributed by atoms with E-state index in [1.807, 2.05) is 6.07 Å². The van der Waals surface area contributed by atoms with Crippen LogP contribution in [-0.4, -0.2) is 31.1 Å². The largest absolute Gasteiger partial charge is 0.468 e. The topological polar surface area (TPSA) is 28.4 Å². The van der Waals surface area contributed by atoms with Gasteiger partial charge in [0.25, 0.3) is 0 Å². The van der Waals surface area contributed by atoms with E-state index < -0.39 is 0 Å². The molecule has 1 aromatic rings. The summed E-state index contributed by atoms with van der Waals surface area (Å²) in [5, 5.41) is 3.53. The first-order valence-electron chi connectivity index (χ1n) is 6.65. The third-order valence-corrected chi connectivity index (χ3v) is 3.58. The Balaban J connectivity index is 2.05. The quantitative estimate of drug-likeness (QED) is 0.855. The van der Waals surface area contributed by atoms with Crippen molar-refractivity contribution in [2.75, 3.05) is 26.2 Å². The summed E-state index contributed by atoms with van der Waals surface area (Å²) < 4.78 is 5.53. The van der Waals surface area contributed by atoms with Crippen molar-refractivity contribution in [3.63, 3.8) is 0 Å². The molecule has 2 heterocycles. The molecule has 0 amide bonds. The van der Waals surface area contributed by atoms with E-state index in [1.165, 1.54) is 0 Å². The smallest absolute Gasteiger partial charge is 0.120 e. The van der Waals surface area contributed by atoms with Gasteiger partial charge in [0.05, 0.1) is 12.3 Å². The normalized spacial score (nSPS) is 29.6. The second kappa shape index (κ2) is 5.69. The maximum absolute atomic E-state index is 5.53. The van der Waals surface area contributed by atoms with Gasteiger partial charge in [0, 0.05) is 13.1 Å². The van der Waals surface area contributed by atoms with Crippen LogP contribution in [-0.2, 0) is 0 Å². The average molecular weight is 236 g/mol. The van der Waals surface area contributed by atoms with E-state index in [-0.39, 0.29) is 0 Å². The molecule has 3 heteroatoms. The lowest BCUT2D eigenvalue weighted by molar-refractivity contribution is 0.128. The molecule has 1 N–H and O–H groups in total. The molecule has 1 aliphatic heterocycles. The van der Waals surface area contributed by atoms with Gasteiger partial charge in [-0.25, -0.2) is 0 Å². The highest BCUT2D eigenvalue weighted by atomic mass is 16.3. The van der Waals surface area contributed by atoms with Crippen LogP contribution >= 0.6 is 0 Å². The molecule has 0 aromatic carbocycles. The third kappa shape index (κ3) is 3.33. The molecule has 3 atom stereocenters. The lowest BCUT2D eigenvalue weighted by Crippen LogP contribution is -2.43. The zero-order valence-electron chi connectivity index (χ0n) is 11.1. The lowest BCUT2D eigenvalue weighted by Gasteiger charge is -2.35. The Labute approximate surface area is 104 Å². The SMILES string of the molecule is CC1CNCC(C)CN(C(C)c2ccco2)C1. The second-order valence-corrected chi connectivity index (χ2v) is 5.51. The summed E-state index contributed by atoms with van der Waals surface area (Å²) in [6, 6.07) is 4.44. The highest BCUT2D eigenvalue weighted by Crippen LogP contribution is 2.23. The molecule has 1 saturated heterocycles. The summed E-state index contributed by atoms with van der Waals surface area (Å²) in [5.74, 6) is 2.47. The first-order chi connectivity index (χ1) is 8.16. The molecule has 3 unspecified atom stereocenters. The van der Waals surface area contributed by atoms with E-state index in [1.54, 1.807) is 6.26 Å². The van der Waals surface area contributed by atoms with Gasteiger partial charge >= 0.3 is 0 Å². The zero-order valence-corrected chi connectivity index (χ0v) is 11.1. The van der Waals surface area contributed by atoms with Crippen molar-refractivity contribution in [3.05, 3.63) is 24.2 Å². The fourth-order valence-electron chi connectivity index (χ4n) is 2.61. The van der Waals surface area contributed by atoms with E-state index >= 15 is 0 Å². The molecule has 0 spiro atoms. The molecule has 0 bridgehead atoms. The van der Waals surface area contributed by atoms with E-state index in [0.717, 1.165) is 31.9 Å². The number of hydrogen-bond donors (Lipinski definition) is 1. The van der Waals surface area contributed by atoms with Gasteiger partial charge in [-0.1, -0.05) is 13.8 Å². The van der Waals surface area contributed by atoms with Crippen LogP contribution < -0.4 is 5.32 Å². The van der Waals surface area contributed by atoms with E-state index in [0.29, 0.717) is 17.9 Å². The number of nitrogens with zero attached hydrogens (tertiary/aromatic N) is 1. The van der Waals surface area contributed by atoms with Gasteiger partial charge in [-0.15, -0.1) is 0 Å². The molecule has 0 saturated carbocycles. The van der Waals surface area contributed by atoms with E-state index in [4.69, 9.17) is 4.42 Å². The van der Waals surface area contributed by atoms with Gasteiger partial charge in [-0.05, 0) is 44.0 Å². The fourth-order valence-corrected chi connectivity index (χ4v) is 2.61. The summed E-state index contributed by atoms with van der Waals surface area (Å²) in [6.07, 6.45) is 1.77. The lowest BCUT2D eigenvalue weighted by atomic mass is 10.0. The fraction of sp³-hybridized carbons (Fsp3) is 0.714. The van der Waals surface area contributed by atoms with E-state index in [9.17, 15) is 0 Å². The van der Waals surface area contributed by atoms with Gasteiger partial charge in [-0.3, -0.25) is 4.90 Å². The predicted octanol–water partition coefficient (Wildman–Crippen LogP) is 2.52. The minimum Gasteiger partial charge on any atom is -0.468 e. The molecular formula is C14H24N2O. The van der Waals surface area contributed by atoms with Crippen LogP contribution in [0.2, 0.25) is 0 Å². The molecule has 1 fully saturated rings. The minimum atomic E-state index is 0.382. The Hall–Kier alpha value is -0.800. The summed E-state index contributed by atoms with van der Waals surface area (Å²) >= 11 is 0. The minimum absolute atomic E-state index is 0.382. The van der Waals surface area contributed by atoms with Gasteiger partial charge in [0.15, 0.2) is 0 Å². The average Bonchev–Trinajstić information content (AvgIpc) is 2.78. The third-order valence-electron chi connectivity index (χ3n) is 3.58. The highest BCUT2D eigenvalue weighted by molar-refractivity contribution is 5.03. The maximum Gasteiger partial charge on any atom is 0.120 e. The first-order valence-corrected chi connectivity index (χ1v) is 6.65. The summed E-state index contributed by atoms with van der Waals surface area (Å²) in [7, 11) is 0. The van der Waals surface area contributed by atoms with Crippen LogP contribution in [0.15, 0.2) is 22.8 Å². The standard InChI is InChI=1S/C14H24N2O/c1-11-7-15-8-12(2)10-16(9-11)13(3)14-5-4-6-17-14/h4-6,11-13,15H,7-10H2,1-3H3. The van der Waals surface area contributed by atoms with Gasteiger partial charge in [-0.2, -0.15) is 0 Å². The first kappa shape index (κ1) is 12.7. The maximum atomic E-state index is 5.53. The van der Waals surface area contributed by atoms with Gasteiger partial charge in [0.2, 0.25) is 0 Å². The Morgan fingerprint density at radius 1 is 1.29 bits per heavy atom. The Bertz CT molecular complexity index is 311. The van der Waals surface area contributed by atoms with E-state index in [2.05, 4.69) is 37.1 Å². The van der Waals surface area contributed by atoms with Crippen molar-refractivity contribution in [1.82, 2.24) is 10.2 Å². The highest BCUT2D eigenvalue weighted by Gasteiger charge is 2.23. The van der Waals surface area contributed by atoms with Crippen molar-refractivity contribution in [1.29, 1.82) is 0 Å². The van der Waals surface area contributed by atoms with Crippen LogP contribution in [0.5, 0.6) is 0 Å². The molecule has 2 rings (SSSR count). The summed E-state index contributed by atoms with van der Waals surface area (Å²) in [6.45, 7) is 11.4. The van der Waals surface area contributed by atoms with Gasteiger partial charge in [0.1, 0.15) is 5.76 Å². The second-order valence-electron chi connectivity index (χ2n) is 5.51. The molecule has 1 aliphatic rings. The predicted molar refractivity (Wildman–Crippen MR) is 69.9 cm³/mol. The van der Waals surface area contributed by atoms with Crippen molar-refractivity contribution in [2.24, 2.45) is 11.8 Å². The summed E-state index contributed by atoms with van der Waals surface area (Å²) in [4.78, 5) is 2.55. The molecular weight excluding hydrogens is 212 g/mol. The number of rotatable bonds is 2. The number of nitrogens with one attached hydrogen (secondary N) is 1. The van der Waals surface area contributed by atoms with Crippen molar-refractivity contribution in [2.45, 2.75) is 26.8 Å². The van der Waals surface area contributed by atoms with Crippen molar-refractivity contribution in [3.8, 4) is 0 Å². The molecule has 0 aliphatic carbocycles. The number of furan rings is 1. The van der Waals surface area contributed by atoms with Crippen LogP contribution in [0.4, 0.5) is 0 Å². The molecule has 96 valence electrons. The van der Waals surface area contributed by atoms with Crippen LogP contribution in [0.25, 0.3) is 0 Å². The van der Waals surface area contributed by atoms with Crippen LogP contribution in [0, 0.1) is 11.8 Å². The summed E-state index contributed by atoms with van der Waals surface area (Å²) in [5.41, 5.74) is 0. The van der Waals surface area contributed by atoms with Gasteiger partial charge < -0.3 is 9.73 Å². The van der Waals surface area contributed by atoms with Crippen molar-refractivity contribution < 1.29 is 4.42 Å². The Kier molecular flexibility index (Phi) is 4.24. The Morgan fingerprint density at radius 2 is 1.94 bits per heavy atom. The monoisotopic (exact) mass is 236 g/mol. The molecule has 3 nitrogen and oxygen atoms in total.